The molecule has 1 saturated heterocycles. The van der Waals surface area contributed by atoms with E-state index in [0.29, 0.717) is 46.2 Å². The molecule has 1 N–H and O–H groups in total. The number of Topliss-reactive ketones (excluding diaryl/α,β-unsaturated/α-hetero) is 1. The first-order chi connectivity index (χ1) is 17.9. The Kier molecular flexibility index (Phi) is 8.43. The summed E-state index contributed by atoms with van der Waals surface area (Å²) in [6.45, 7) is 22.9. The number of fused-ring (bicyclic) bond motifs is 7. The first-order valence-corrected chi connectivity index (χ1v) is 15.9. The van der Waals surface area contributed by atoms with Crippen LogP contribution in [0.5, 0.6) is 0 Å². The van der Waals surface area contributed by atoms with E-state index in [4.69, 9.17) is 4.74 Å². The SMILES string of the molecule is C=C.CCC(C)(C)[C@H]1CC[C@@]2(C)C(CC[C@@H]3C2CC(=O)[C@@]2(C)C3CC3(C)O/C(=C\CCC(C)CO)CC32)C1.[HH].[HH].[HH].[HH].[HH]. The van der Waals surface area contributed by atoms with Gasteiger partial charge in [-0.25, -0.2) is 0 Å². The fourth-order valence-electron chi connectivity index (χ4n) is 10.2. The van der Waals surface area contributed by atoms with Crippen molar-refractivity contribution >= 4 is 5.78 Å². The summed E-state index contributed by atoms with van der Waals surface area (Å²) in [6.07, 6.45) is 15.0. The van der Waals surface area contributed by atoms with Crippen molar-refractivity contribution in [1.29, 1.82) is 0 Å². The molecule has 0 aromatic carbocycles. The number of aliphatic hydroxyl groups is 1. The third kappa shape index (κ3) is 4.65. The predicted molar refractivity (Wildman–Crippen MR) is 168 cm³/mol. The van der Waals surface area contributed by atoms with Crippen molar-refractivity contribution in [3.8, 4) is 0 Å². The maximum absolute atomic E-state index is 14.2. The second-order valence-corrected chi connectivity index (χ2v) is 15.3. The topological polar surface area (TPSA) is 46.5 Å². The van der Waals surface area contributed by atoms with Crippen LogP contribution >= 0.6 is 0 Å². The van der Waals surface area contributed by atoms with Gasteiger partial charge < -0.3 is 9.84 Å². The van der Waals surface area contributed by atoms with Crippen LogP contribution < -0.4 is 0 Å². The highest BCUT2D eigenvalue weighted by Gasteiger charge is 2.70. The van der Waals surface area contributed by atoms with Crippen LogP contribution in [0.3, 0.4) is 0 Å². The highest BCUT2D eigenvalue weighted by atomic mass is 16.5. The molecule has 4 saturated carbocycles. The van der Waals surface area contributed by atoms with Gasteiger partial charge in [-0.2, -0.15) is 0 Å². The molecule has 0 spiro atoms. The molecule has 6 unspecified atom stereocenters. The van der Waals surface area contributed by atoms with E-state index in [-0.39, 0.29) is 24.8 Å². The Bertz CT molecular complexity index is 927. The standard InChI is InChI=1S/C33H54O3.C2H4.5H2/c1-8-30(3,4)22-14-15-31(5)23(16-22)12-13-25-26(31)18-29(35)33(7)27(25)19-32(6)28(33)17-24(36-32)11-9-10-21(2)20-34;1-2;;;;;/h11,21-23,25-28,34H,8-10,12-20H2,1-7H3;1-2H2;5*1H/b24-11-;;;;;;/t21?,22-,23?,25+,26?,27?,28?,31-,32?,33-;;;;;;/m0....../s1. The number of ether oxygens (including phenoxy) is 1. The molecule has 3 heteroatoms. The molecule has 1 heterocycles. The number of carbonyl (C=O) groups excluding carboxylic acids is 1. The lowest BCUT2D eigenvalue weighted by Gasteiger charge is -2.61. The molecule has 0 aromatic heterocycles. The van der Waals surface area contributed by atoms with Gasteiger partial charge in [-0.3, -0.25) is 4.79 Å². The molecule has 0 aromatic rings. The van der Waals surface area contributed by atoms with Gasteiger partial charge in [0, 0.05) is 37.9 Å². The van der Waals surface area contributed by atoms with Gasteiger partial charge in [0.1, 0.15) is 11.4 Å². The quantitative estimate of drug-likeness (QED) is 0.343. The Hall–Kier alpha value is -1.09. The van der Waals surface area contributed by atoms with Crippen LogP contribution in [0.2, 0.25) is 0 Å². The molecule has 5 aliphatic rings. The Morgan fingerprint density at radius 3 is 2.53 bits per heavy atom. The van der Waals surface area contributed by atoms with E-state index in [2.05, 4.69) is 67.7 Å². The molecule has 5 fully saturated rings. The van der Waals surface area contributed by atoms with E-state index in [0.717, 1.165) is 49.7 Å². The van der Waals surface area contributed by atoms with Crippen molar-refractivity contribution < 1.29 is 21.8 Å². The number of hydrogen-bond acceptors (Lipinski definition) is 3. The molecule has 38 heavy (non-hydrogen) atoms. The van der Waals surface area contributed by atoms with Crippen LogP contribution in [0.1, 0.15) is 126 Å². The lowest BCUT2D eigenvalue weighted by atomic mass is 9.43. The summed E-state index contributed by atoms with van der Waals surface area (Å²) in [4.78, 5) is 14.2. The summed E-state index contributed by atoms with van der Waals surface area (Å²) in [6, 6.07) is 0. The minimum absolute atomic E-state index is 0. The lowest BCUT2D eigenvalue weighted by molar-refractivity contribution is -0.159. The van der Waals surface area contributed by atoms with Gasteiger partial charge >= 0.3 is 0 Å². The molecular formula is C35H68O3. The minimum Gasteiger partial charge on any atom is -0.492 e. The van der Waals surface area contributed by atoms with Crippen LogP contribution in [-0.4, -0.2) is 23.1 Å². The molecule has 4 aliphatic carbocycles. The van der Waals surface area contributed by atoms with Gasteiger partial charge in [0.25, 0.3) is 0 Å². The van der Waals surface area contributed by atoms with Crippen molar-refractivity contribution in [1.82, 2.24) is 0 Å². The molecule has 3 nitrogen and oxygen atoms in total. The number of carbonyl (C=O) groups is 1. The van der Waals surface area contributed by atoms with Crippen LogP contribution in [0.25, 0.3) is 0 Å². The molecular weight excluding hydrogens is 468 g/mol. The Morgan fingerprint density at radius 2 is 1.87 bits per heavy atom. The third-order valence-corrected chi connectivity index (χ3v) is 13.3. The zero-order chi connectivity index (χ0) is 28.1. The van der Waals surface area contributed by atoms with Gasteiger partial charge in [0.15, 0.2) is 0 Å². The summed E-state index contributed by atoms with van der Waals surface area (Å²) in [5, 5.41) is 9.35. The summed E-state index contributed by atoms with van der Waals surface area (Å²) in [5.41, 5.74) is 0.358. The van der Waals surface area contributed by atoms with Crippen molar-refractivity contribution in [2.45, 2.75) is 125 Å². The summed E-state index contributed by atoms with van der Waals surface area (Å²) in [5.74, 6) is 5.69. The molecule has 5 rings (SSSR count). The predicted octanol–water partition coefficient (Wildman–Crippen LogP) is 9.99. The zero-order valence-electron chi connectivity index (χ0n) is 25.8. The third-order valence-electron chi connectivity index (χ3n) is 13.3. The van der Waals surface area contributed by atoms with Crippen molar-refractivity contribution in [3.63, 3.8) is 0 Å². The second kappa shape index (κ2) is 10.7. The largest absolute Gasteiger partial charge is 0.492 e. The van der Waals surface area contributed by atoms with Crippen molar-refractivity contribution in [3.05, 3.63) is 25.0 Å². The minimum atomic E-state index is -0.228. The first kappa shape index (κ1) is 29.9. The second-order valence-electron chi connectivity index (χ2n) is 15.3. The summed E-state index contributed by atoms with van der Waals surface area (Å²) in [7, 11) is 0. The van der Waals surface area contributed by atoms with Crippen molar-refractivity contribution in [2.24, 2.45) is 57.7 Å². The number of rotatable bonds is 6. The molecule has 0 radical (unpaired) electrons. The van der Waals surface area contributed by atoms with Crippen LogP contribution in [0.15, 0.2) is 25.0 Å². The normalized spacial score (nSPS) is 45.7. The number of ketones is 1. The monoisotopic (exact) mass is 537 g/mol. The summed E-state index contributed by atoms with van der Waals surface area (Å²) < 4.78 is 6.72. The smallest absolute Gasteiger partial charge is 0.139 e. The average Bonchev–Trinajstić information content (AvgIpc) is 3.34. The van der Waals surface area contributed by atoms with E-state index in [9.17, 15) is 9.90 Å². The van der Waals surface area contributed by atoms with Gasteiger partial charge in [0.05, 0.1) is 5.76 Å². The summed E-state index contributed by atoms with van der Waals surface area (Å²) >= 11 is 0. The molecule has 0 bridgehead atoms. The van der Waals surface area contributed by atoms with Gasteiger partial charge in [-0.15, -0.1) is 13.2 Å². The van der Waals surface area contributed by atoms with Crippen LogP contribution in [-0.2, 0) is 9.53 Å². The molecule has 0 amide bonds. The number of aliphatic hydroxyl groups excluding tert-OH is 1. The molecule has 1 aliphatic heterocycles. The van der Waals surface area contributed by atoms with Gasteiger partial charge in [-0.05, 0) is 111 Å². The molecule has 226 valence electrons. The average molecular weight is 537 g/mol. The maximum Gasteiger partial charge on any atom is 0.139 e. The zero-order valence-corrected chi connectivity index (χ0v) is 25.8. The molecule has 10 atom stereocenters. The highest BCUT2D eigenvalue weighted by molar-refractivity contribution is 5.87. The van der Waals surface area contributed by atoms with E-state index >= 15 is 0 Å². The fraction of sp³-hybridized carbons (Fsp3) is 0.857. The van der Waals surface area contributed by atoms with Gasteiger partial charge in [-0.1, -0.05) is 48.0 Å². The highest BCUT2D eigenvalue weighted by Crippen LogP contribution is 2.71. The van der Waals surface area contributed by atoms with Crippen molar-refractivity contribution in [2.75, 3.05) is 6.61 Å². The Morgan fingerprint density at radius 1 is 1.16 bits per heavy atom. The Labute approximate surface area is 241 Å². The first-order valence-electron chi connectivity index (χ1n) is 15.9. The van der Waals surface area contributed by atoms with Crippen LogP contribution in [0, 0.1) is 57.7 Å². The van der Waals surface area contributed by atoms with Gasteiger partial charge in [0.2, 0.25) is 0 Å². The van der Waals surface area contributed by atoms with E-state index < -0.39 is 0 Å². The fourth-order valence-corrected chi connectivity index (χ4v) is 10.2. The number of allylic oxidation sites excluding steroid dienone is 2. The van der Waals surface area contributed by atoms with E-state index in [1.165, 1.54) is 38.5 Å². The van der Waals surface area contributed by atoms with E-state index in [1.54, 1.807) is 0 Å². The lowest BCUT2D eigenvalue weighted by Crippen LogP contribution is -2.57. The number of hydrogen-bond donors (Lipinski definition) is 1. The van der Waals surface area contributed by atoms with Crippen LogP contribution in [0.4, 0.5) is 0 Å². The maximum atomic E-state index is 14.2. The van der Waals surface area contributed by atoms with E-state index in [1.807, 2.05) is 0 Å². The Balaban J connectivity index is 0.